The quantitative estimate of drug-likeness (QED) is 0.658. The molecule has 0 fully saturated rings. The number of aryl methyl sites for hydroxylation is 2. The first kappa shape index (κ1) is 8.04. The van der Waals surface area contributed by atoms with E-state index in [4.69, 9.17) is 4.74 Å². The Bertz CT molecular complexity index is 447. The Kier molecular flexibility index (Phi) is 1.69. The molecule has 0 spiro atoms. The SMILES string of the molecule is COc1ncc(C)c2c1ncn2C. The molecule has 0 bridgehead atoms. The molecule has 0 N–H and O–H groups in total. The molecule has 68 valence electrons. The molecule has 0 aromatic carbocycles. The van der Waals surface area contributed by atoms with Gasteiger partial charge in [0, 0.05) is 13.2 Å². The predicted octanol–water partition coefficient (Wildman–Crippen LogP) is 1.29. The number of nitrogens with zero attached hydrogens (tertiary/aromatic N) is 3. The van der Waals surface area contributed by atoms with Crippen molar-refractivity contribution in [2.75, 3.05) is 7.11 Å². The van der Waals surface area contributed by atoms with E-state index in [0.717, 1.165) is 16.6 Å². The van der Waals surface area contributed by atoms with Crippen molar-refractivity contribution in [3.05, 3.63) is 18.1 Å². The number of hydrogen-bond donors (Lipinski definition) is 0. The Balaban J connectivity index is 2.87. The third-order valence-electron chi connectivity index (χ3n) is 2.08. The maximum atomic E-state index is 5.11. The molecule has 13 heavy (non-hydrogen) atoms. The molecule has 0 amide bonds. The average Bonchev–Trinajstić information content (AvgIpc) is 2.50. The highest BCUT2D eigenvalue weighted by atomic mass is 16.5. The molecule has 0 saturated carbocycles. The van der Waals surface area contributed by atoms with Gasteiger partial charge in [-0.25, -0.2) is 9.97 Å². The van der Waals surface area contributed by atoms with Crippen LogP contribution in [0.15, 0.2) is 12.5 Å². The van der Waals surface area contributed by atoms with Crippen LogP contribution in [0.5, 0.6) is 5.88 Å². The third kappa shape index (κ3) is 1.06. The zero-order chi connectivity index (χ0) is 9.42. The molecule has 2 aromatic heterocycles. The molecular weight excluding hydrogens is 166 g/mol. The lowest BCUT2D eigenvalue weighted by Crippen LogP contribution is -1.92. The first-order valence-electron chi connectivity index (χ1n) is 4.04. The maximum absolute atomic E-state index is 5.11. The summed E-state index contributed by atoms with van der Waals surface area (Å²) in [6.07, 6.45) is 3.56. The normalized spacial score (nSPS) is 10.7. The van der Waals surface area contributed by atoms with Crippen LogP contribution in [0.1, 0.15) is 5.56 Å². The Labute approximate surface area is 76.2 Å². The van der Waals surface area contributed by atoms with Gasteiger partial charge in [-0.3, -0.25) is 0 Å². The fraction of sp³-hybridized carbons (Fsp3) is 0.333. The van der Waals surface area contributed by atoms with Gasteiger partial charge in [-0.1, -0.05) is 0 Å². The summed E-state index contributed by atoms with van der Waals surface area (Å²) in [5, 5.41) is 0. The summed E-state index contributed by atoms with van der Waals surface area (Å²) in [6.45, 7) is 2.01. The van der Waals surface area contributed by atoms with Crippen LogP contribution in [-0.4, -0.2) is 21.6 Å². The van der Waals surface area contributed by atoms with Crippen LogP contribution in [-0.2, 0) is 7.05 Å². The highest BCUT2D eigenvalue weighted by Gasteiger charge is 2.09. The molecule has 0 atom stereocenters. The number of fused-ring (bicyclic) bond motifs is 1. The summed E-state index contributed by atoms with van der Waals surface area (Å²) in [7, 11) is 3.56. The molecule has 0 saturated heterocycles. The second-order valence-electron chi connectivity index (χ2n) is 3.00. The van der Waals surface area contributed by atoms with Crippen LogP contribution in [0.4, 0.5) is 0 Å². The van der Waals surface area contributed by atoms with Crippen molar-refractivity contribution in [1.82, 2.24) is 14.5 Å². The smallest absolute Gasteiger partial charge is 0.241 e. The lowest BCUT2D eigenvalue weighted by molar-refractivity contribution is 0.402. The Morgan fingerprint density at radius 3 is 2.85 bits per heavy atom. The average molecular weight is 177 g/mol. The second kappa shape index (κ2) is 2.73. The van der Waals surface area contributed by atoms with Gasteiger partial charge in [0.05, 0.1) is 19.0 Å². The molecule has 4 heteroatoms. The first-order valence-corrected chi connectivity index (χ1v) is 4.04. The molecule has 2 aromatic rings. The molecule has 0 radical (unpaired) electrons. The minimum Gasteiger partial charge on any atom is -0.479 e. The highest BCUT2D eigenvalue weighted by molar-refractivity contribution is 5.82. The summed E-state index contributed by atoms with van der Waals surface area (Å²) in [5.74, 6) is 0.584. The molecular formula is C9H11N3O. The molecule has 0 unspecified atom stereocenters. The monoisotopic (exact) mass is 177 g/mol. The van der Waals surface area contributed by atoms with Crippen LogP contribution < -0.4 is 4.74 Å². The molecule has 0 aliphatic heterocycles. The highest BCUT2D eigenvalue weighted by Crippen LogP contribution is 2.23. The summed E-state index contributed by atoms with van der Waals surface area (Å²) in [5.41, 5.74) is 3.01. The van der Waals surface area contributed by atoms with Gasteiger partial charge in [-0.05, 0) is 12.5 Å². The Hall–Kier alpha value is -1.58. The van der Waals surface area contributed by atoms with Gasteiger partial charge in [0.2, 0.25) is 5.88 Å². The summed E-state index contributed by atoms with van der Waals surface area (Å²) in [4.78, 5) is 8.37. The summed E-state index contributed by atoms with van der Waals surface area (Å²) in [6, 6.07) is 0. The fourth-order valence-electron chi connectivity index (χ4n) is 1.48. The number of hydrogen-bond acceptors (Lipinski definition) is 3. The number of imidazole rings is 1. The van der Waals surface area contributed by atoms with Gasteiger partial charge >= 0.3 is 0 Å². The standard InChI is InChI=1S/C9H11N3O/c1-6-4-10-9(13-3)7-8(6)12(2)5-11-7/h4-5H,1-3H3. The van der Waals surface area contributed by atoms with E-state index < -0.39 is 0 Å². The minimum atomic E-state index is 0.584. The topological polar surface area (TPSA) is 39.9 Å². The fourth-order valence-corrected chi connectivity index (χ4v) is 1.48. The zero-order valence-corrected chi connectivity index (χ0v) is 7.90. The number of aromatic nitrogens is 3. The summed E-state index contributed by atoms with van der Waals surface area (Å²) >= 11 is 0. The van der Waals surface area contributed by atoms with E-state index >= 15 is 0 Å². The van der Waals surface area contributed by atoms with Crippen LogP contribution in [0, 0.1) is 6.92 Å². The van der Waals surface area contributed by atoms with Crippen molar-refractivity contribution in [1.29, 1.82) is 0 Å². The van der Waals surface area contributed by atoms with Crippen molar-refractivity contribution in [2.45, 2.75) is 6.92 Å². The van der Waals surface area contributed by atoms with Crippen LogP contribution in [0.25, 0.3) is 11.0 Å². The molecule has 2 rings (SSSR count). The second-order valence-corrected chi connectivity index (χ2v) is 3.00. The Morgan fingerprint density at radius 2 is 2.15 bits per heavy atom. The van der Waals surface area contributed by atoms with Gasteiger partial charge in [0.25, 0.3) is 0 Å². The number of ether oxygens (including phenoxy) is 1. The number of pyridine rings is 1. The lowest BCUT2D eigenvalue weighted by Gasteiger charge is -2.02. The number of methoxy groups -OCH3 is 1. The van der Waals surface area contributed by atoms with Crippen LogP contribution in [0.2, 0.25) is 0 Å². The lowest BCUT2D eigenvalue weighted by atomic mass is 10.2. The maximum Gasteiger partial charge on any atom is 0.241 e. The van der Waals surface area contributed by atoms with Crippen molar-refractivity contribution < 1.29 is 4.74 Å². The number of rotatable bonds is 1. The van der Waals surface area contributed by atoms with Gasteiger partial charge < -0.3 is 9.30 Å². The van der Waals surface area contributed by atoms with E-state index in [1.165, 1.54) is 0 Å². The van der Waals surface area contributed by atoms with E-state index in [0.29, 0.717) is 5.88 Å². The molecule has 4 nitrogen and oxygen atoms in total. The van der Waals surface area contributed by atoms with Gasteiger partial charge in [-0.15, -0.1) is 0 Å². The molecule has 0 aliphatic rings. The molecule has 2 heterocycles. The van der Waals surface area contributed by atoms with E-state index in [1.807, 2.05) is 18.5 Å². The minimum absolute atomic E-state index is 0.584. The largest absolute Gasteiger partial charge is 0.479 e. The van der Waals surface area contributed by atoms with Gasteiger partial charge in [0.1, 0.15) is 0 Å². The van der Waals surface area contributed by atoms with Crippen molar-refractivity contribution >= 4 is 11.0 Å². The van der Waals surface area contributed by atoms with E-state index in [2.05, 4.69) is 9.97 Å². The van der Waals surface area contributed by atoms with E-state index in [-0.39, 0.29) is 0 Å². The van der Waals surface area contributed by atoms with Crippen molar-refractivity contribution in [3.63, 3.8) is 0 Å². The third-order valence-corrected chi connectivity index (χ3v) is 2.08. The zero-order valence-electron chi connectivity index (χ0n) is 7.90. The first-order chi connectivity index (χ1) is 6.24. The predicted molar refractivity (Wildman–Crippen MR) is 49.8 cm³/mol. The van der Waals surface area contributed by atoms with Crippen LogP contribution in [0.3, 0.4) is 0 Å². The Morgan fingerprint density at radius 1 is 1.38 bits per heavy atom. The van der Waals surface area contributed by atoms with E-state index in [1.54, 1.807) is 19.6 Å². The van der Waals surface area contributed by atoms with Crippen molar-refractivity contribution in [2.24, 2.45) is 7.05 Å². The van der Waals surface area contributed by atoms with E-state index in [9.17, 15) is 0 Å². The van der Waals surface area contributed by atoms with Crippen molar-refractivity contribution in [3.8, 4) is 5.88 Å². The molecule has 0 aliphatic carbocycles. The van der Waals surface area contributed by atoms with Crippen LogP contribution >= 0.6 is 0 Å². The van der Waals surface area contributed by atoms with Gasteiger partial charge in [0.15, 0.2) is 5.52 Å². The van der Waals surface area contributed by atoms with Gasteiger partial charge in [-0.2, -0.15) is 0 Å². The summed E-state index contributed by atoms with van der Waals surface area (Å²) < 4.78 is 7.08.